The molecule has 1 aromatic rings. The van der Waals surface area contributed by atoms with Crippen LogP contribution < -0.4 is 0 Å². The van der Waals surface area contributed by atoms with E-state index < -0.39 is 0 Å². The first-order valence-corrected chi connectivity index (χ1v) is 5.38. The summed E-state index contributed by atoms with van der Waals surface area (Å²) < 4.78 is 0. The van der Waals surface area contributed by atoms with E-state index in [1.54, 1.807) is 0 Å². The predicted molar refractivity (Wildman–Crippen MR) is 52.3 cm³/mol. The van der Waals surface area contributed by atoms with E-state index in [4.69, 9.17) is 0 Å². The van der Waals surface area contributed by atoms with E-state index in [9.17, 15) is 0 Å². The average molecular weight is 229 g/mol. The molecule has 0 bridgehead atoms. The van der Waals surface area contributed by atoms with E-state index in [0.717, 1.165) is 18.2 Å². The Morgan fingerprint density at radius 3 is 3.08 bits per heavy atom. The van der Waals surface area contributed by atoms with E-state index in [-0.39, 0.29) is 0 Å². The molecule has 2 nitrogen and oxygen atoms in total. The molecule has 3 heteroatoms. The Balaban J connectivity index is 1.77. The minimum absolute atomic E-state index is 0.608. The average Bonchev–Trinajstić information content (AvgIpc) is 2.66. The van der Waals surface area contributed by atoms with Crippen LogP contribution in [0.1, 0.15) is 25.1 Å². The fraction of sp³-hybridized carbons (Fsp3) is 0.667. The second-order valence-electron chi connectivity index (χ2n) is 3.52. The smallest absolute Gasteiger partial charge is 0.107 e. The number of halogens is 1. The maximum absolute atomic E-state index is 4.20. The lowest BCUT2D eigenvalue weighted by Gasteiger charge is -2.05. The van der Waals surface area contributed by atoms with Gasteiger partial charge in [0.15, 0.2) is 0 Å². The molecule has 1 aromatic heterocycles. The van der Waals surface area contributed by atoms with Gasteiger partial charge in [0.05, 0.1) is 0 Å². The minimum atomic E-state index is 0.608. The zero-order valence-electron chi connectivity index (χ0n) is 6.96. The van der Waals surface area contributed by atoms with Crippen molar-refractivity contribution in [3.63, 3.8) is 0 Å². The number of alkyl halides is 1. The van der Waals surface area contributed by atoms with Crippen molar-refractivity contribution in [2.75, 3.05) is 0 Å². The van der Waals surface area contributed by atoms with Crippen LogP contribution in [0.15, 0.2) is 12.4 Å². The molecule has 0 amide bonds. The Kier molecular flexibility index (Phi) is 2.49. The van der Waals surface area contributed by atoms with Crippen molar-refractivity contribution < 1.29 is 0 Å². The first-order chi connectivity index (χ1) is 5.84. The molecule has 12 heavy (non-hydrogen) atoms. The summed E-state index contributed by atoms with van der Waals surface area (Å²) in [5.74, 6) is 2.09. The summed E-state index contributed by atoms with van der Waals surface area (Å²) in [6, 6.07) is 0. The van der Waals surface area contributed by atoms with Crippen molar-refractivity contribution in [3.05, 3.63) is 18.2 Å². The van der Waals surface area contributed by atoms with Gasteiger partial charge in [0.2, 0.25) is 0 Å². The van der Waals surface area contributed by atoms with Crippen LogP contribution in [-0.2, 0) is 6.42 Å². The molecule has 1 heterocycles. The number of hydrogen-bond acceptors (Lipinski definition) is 1. The maximum atomic E-state index is 4.20. The van der Waals surface area contributed by atoms with Crippen LogP contribution in [0.5, 0.6) is 0 Å². The molecule has 0 aliphatic heterocycles. The Morgan fingerprint density at radius 1 is 1.67 bits per heavy atom. The zero-order valence-corrected chi connectivity index (χ0v) is 8.55. The highest BCUT2D eigenvalue weighted by molar-refractivity contribution is 9.09. The normalized spacial score (nSPS) is 19.4. The summed E-state index contributed by atoms with van der Waals surface area (Å²) in [5.41, 5.74) is 0. The second-order valence-corrected chi connectivity index (χ2v) is 4.81. The van der Waals surface area contributed by atoms with Crippen molar-refractivity contribution in [2.24, 2.45) is 5.92 Å². The third-order valence-corrected chi connectivity index (χ3v) is 2.95. The van der Waals surface area contributed by atoms with Gasteiger partial charge in [0.25, 0.3) is 0 Å². The number of aromatic nitrogens is 2. The molecule has 0 radical (unpaired) electrons. The number of nitrogens with zero attached hydrogens (tertiary/aromatic N) is 1. The van der Waals surface area contributed by atoms with Crippen molar-refractivity contribution in [3.8, 4) is 0 Å². The molecule has 0 saturated heterocycles. The molecular weight excluding hydrogens is 216 g/mol. The highest BCUT2D eigenvalue weighted by atomic mass is 79.9. The molecule has 0 spiro atoms. The monoisotopic (exact) mass is 228 g/mol. The fourth-order valence-electron chi connectivity index (χ4n) is 1.42. The van der Waals surface area contributed by atoms with E-state index in [0.29, 0.717) is 4.83 Å². The largest absolute Gasteiger partial charge is 0.349 e. The van der Waals surface area contributed by atoms with Crippen LogP contribution in [0.25, 0.3) is 0 Å². The lowest BCUT2D eigenvalue weighted by Crippen LogP contribution is -2.04. The predicted octanol–water partition coefficient (Wildman–Crippen LogP) is 2.52. The van der Waals surface area contributed by atoms with Crippen molar-refractivity contribution >= 4 is 15.9 Å². The van der Waals surface area contributed by atoms with Crippen molar-refractivity contribution in [2.45, 2.75) is 30.5 Å². The summed E-state index contributed by atoms with van der Waals surface area (Å²) in [5, 5.41) is 0. The molecule has 0 aromatic carbocycles. The number of aromatic amines is 1. The lowest BCUT2D eigenvalue weighted by molar-refractivity contribution is 0.677. The van der Waals surface area contributed by atoms with Gasteiger partial charge in [-0.05, 0) is 12.3 Å². The second kappa shape index (κ2) is 3.60. The number of hydrogen-bond donors (Lipinski definition) is 1. The molecule has 1 unspecified atom stereocenters. The maximum Gasteiger partial charge on any atom is 0.107 e. The number of H-pyrrole nitrogens is 1. The number of imidazole rings is 1. The van der Waals surface area contributed by atoms with E-state index in [1.807, 2.05) is 12.4 Å². The quantitative estimate of drug-likeness (QED) is 0.789. The van der Waals surface area contributed by atoms with Crippen molar-refractivity contribution in [1.82, 2.24) is 9.97 Å². The van der Waals surface area contributed by atoms with Gasteiger partial charge in [-0.3, -0.25) is 0 Å². The van der Waals surface area contributed by atoms with Crippen LogP contribution in [0.3, 0.4) is 0 Å². The highest BCUT2D eigenvalue weighted by Crippen LogP contribution is 2.35. The Labute approximate surface area is 80.9 Å². The van der Waals surface area contributed by atoms with Crippen LogP contribution in [0, 0.1) is 5.92 Å². The first kappa shape index (κ1) is 8.30. The van der Waals surface area contributed by atoms with Gasteiger partial charge in [-0.2, -0.15) is 0 Å². The molecule has 1 saturated carbocycles. The van der Waals surface area contributed by atoms with Crippen LogP contribution in [0.4, 0.5) is 0 Å². The Morgan fingerprint density at radius 2 is 2.50 bits per heavy atom. The van der Waals surface area contributed by atoms with E-state index in [1.165, 1.54) is 19.3 Å². The van der Waals surface area contributed by atoms with Crippen LogP contribution >= 0.6 is 15.9 Å². The van der Waals surface area contributed by atoms with Crippen LogP contribution in [-0.4, -0.2) is 14.8 Å². The van der Waals surface area contributed by atoms with Gasteiger partial charge in [0, 0.05) is 23.6 Å². The van der Waals surface area contributed by atoms with Gasteiger partial charge in [0.1, 0.15) is 5.82 Å². The molecular formula is C9H13BrN2. The highest BCUT2D eigenvalue weighted by Gasteiger charge is 2.24. The summed E-state index contributed by atoms with van der Waals surface area (Å²) >= 11 is 3.68. The van der Waals surface area contributed by atoms with E-state index >= 15 is 0 Å². The molecule has 1 aliphatic carbocycles. The van der Waals surface area contributed by atoms with Crippen molar-refractivity contribution in [1.29, 1.82) is 0 Å². The molecule has 2 rings (SSSR count). The summed E-state index contributed by atoms with van der Waals surface area (Å²) in [4.78, 5) is 7.93. The first-order valence-electron chi connectivity index (χ1n) is 4.47. The fourth-order valence-corrected chi connectivity index (χ4v) is 2.25. The summed E-state index contributed by atoms with van der Waals surface area (Å²) in [6.45, 7) is 0. The topological polar surface area (TPSA) is 28.7 Å². The number of nitrogens with one attached hydrogen (secondary N) is 1. The Bertz CT molecular complexity index is 229. The van der Waals surface area contributed by atoms with Gasteiger partial charge < -0.3 is 4.98 Å². The van der Waals surface area contributed by atoms with Gasteiger partial charge in [-0.25, -0.2) is 4.98 Å². The third kappa shape index (κ3) is 2.34. The van der Waals surface area contributed by atoms with Gasteiger partial charge in [-0.15, -0.1) is 0 Å². The minimum Gasteiger partial charge on any atom is -0.349 e. The Hall–Kier alpha value is -0.310. The van der Waals surface area contributed by atoms with Gasteiger partial charge in [-0.1, -0.05) is 28.8 Å². The van der Waals surface area contributed by atoms with Gasteiger partial charge >= 0.3 is 0 Å². The zero-order chi connectivity index (χ0) is 8.39. The lowest BCUT2D eigenvalue weighted by atomic mass is 10.2. The third-order valence-electron chi connectivity index (χ3n) is 2.26. The molecule has 1 atom stereocenters. The summed E-state index contributed by atoms with van der Waals surface area (Å²) in [6.07, 6.45) is 8.89. The standard InChI is InChI=1S/C9H13BrN2/c10-8(5-7-1-2-7)6-9-11-3-4-12-9/h3-4,7-8H,1-2,5-6H2,(H,11,12). The molecule has 1 aliphatic rings. The molecule has 66 valence electrons. The van der Waals surface area contributed by atoms with E-state index in [2.05, 4.69) is 25.9 Å². The summed E-state index contributed by atoms with van der Waals surface area (Å²) in [7, 11) is 0. The number of rotatable bonds is 4. The van der Waals surface area contributed by atoms with Crippen LogP contribution in [0.2, 0.25) is 0 Å². The molecule has 1 fully saturated rings. The SMILES string of the molecule is BrC(Cc1ncc[nH]1)CC1CC1. The molecule has 1 N–H and O–H groups in total.